The highest BCUT2D eigenvalue weighted by Gasteiger charge is 2.33. The van der Waals surface area contributed by atoms with Crippen molar-refractivity contribution in [3.05, 3.63) is 35.9 Å². The Balaban J connectivity index is 1.65. The first-order valence-electron chi connectivity index (χ1n) is 9.79. The van der Waals surface area contributed by atoms with Gasteiger partial charge in [-0.3, -0.25) is 4.79 Å². The fourth-order valence-corrected chi connectivity index (χ4v) is 3.90. The molecule has 134 valence electrons. The van der Waals surface area contributed by atoms with Crippen molar-refractivity contribution in [3.8, 4) is 0 Å². The van der Waals surface area contributed by atoms with Gasteiger partial charge < -0.3 is 4.74 Å². The molecule has 0 spiro atoms. The van der Waals surface area contributed by atoms with Crippen molar-refractivity contribution in [2.24, 2.45) is 17.8 Å². The molecule has 0 aliphatic heterocycles. The quantitative estimate of drug-likeness (QED) is 0.445. The zero-order chi connectivity index (χ0) is 17.4. The highest BCUT2D eigenvalue weighted by atomic mass is 16.5. The summed E-state index contributed by atoms with van der Waals surface area (Å²) in [6.07, 6.45) is 8.53. The first-order valence-corrected chi connectivity index (χ1v) is 9.79. The van der Waals surface area contributed by atoms with Gasteiger partial charge in [-0.05, 0) is 55.4 Å². The van der Waals surface area contributed by atoms with E-state index in [1.54, 1.807) is 0 Å². The van der Waals surface area contributed by atoms with Crippen molar-refractivity contribution in [2.75, 3.05) is 0 Å². The molecule has 1 aliphatic carbocycles. The van der Waals surface area contributed by atoms with Crippen LogP contribution in [-0.2, 0) is 16.0 Å². The summed E-state index contributed by atoms with van der Waals surface area (Å²) in [4.78, 5) is 12.2. The Morgan fingerprint density at radius 1 is 1.12 bits per heavy atom. The number of hydrogen-bond acceptors (Lipinski definition) is 2. The average molecular weight is 331 g/mol. The van der Waals surface area contributed by atoms with Crippen LogP contribution in [0.15, 0.2) is 30.3 Å². The van der Waals surface area contributed by atoms with E-state index in [1.165, 1.54) is 18.4 Å². The van der Waals surface area contributed by atoms with Crippen molar-refractivity contribution in [2.45, 2.75) is 78.2 Å². The third kappa shape index (κ3) is 6.30. The molecule has 2 nitrogen and oxygen atoms in total. The Hall–Kier alpha value is -1.31. The zero-order valence-electron chi connectivity index (χ0n) is 15.7. The van der Waals surface area contributed by atoms with Gasteiger partial charge in [-0.15, -0.1) is 0 Å². The minimum absolute atomic E-state index is 0.0134. The van der Waals surface area contributed by atoms with Gasteiger partial charge in [0.05, 0.1) is 0 Å². The van der Waals surface area contributed by atoms with Gasteiger partial charge in [-0.2, -0.15) is 0 Å². The third-order valence-corrected chi connectivity index (χ3v) is 5.43. The van der Waals surface area contributed by atoms with E-state index in [1.807, 2.05) is 0 Å². The van der Waals surface area contributed by atoms with Crippen LogP contribution in [0.1, 0.15) is 71.3 Å². The predicted octanol–water partition coefficient (Wildman–Crippen LogP) is 5.79. The van der Waals surface area contributed by atoms with Crippen molar-refractivity contribution in [1.82, 2.24) is 0 Å². The summed E-state index contributed by atoms with van der Waals surface area (Å²) >= 11 is 0. The van der Waals surface area contributed by atoms with Gasteiger partial charge >= 0.3 is 5.97 Å². The lowest BCUT2D eigenvalue weighted by Gasteiger charge is -2.36. The topological polar surface area (TPSA) is 26.3 Å². The normalized spacial score (nSPS) is 24.1. The number of carbonyl (C=O) groups is 1. The average Bonchev–Trinajstić information content (AvgIpc) is 2.55. The summed E-state index contributed by atoms with van der Waals surface area (Å²) < 4.78 is 5.86. The lowest BCUT2D eigenvalue weighted by molar-refractivity contribution is -0.156. The predicted molar refractivity (Wildman–Crippen MR) is 99.8 cm³/mol. The van der Waals surface area contributed by atoms with Gasteiger partial charge in [0.1, 0.15) is 6.10 Å². The van der Waals surface area contributed by atoms with E-state index >= 15 is 0 Å². The van der Waals surface area contributed by atoms with E-state index in [-0.39, 0.29) is 12.1 Å². The van der Waals surface area contributed by atoms with Crippen molar-refractivity contribution < 1.29 is 9.53 Å². The smallest absolute Gasteiger partial charge is 0.306 e. The maximum Gasteiger partial charge on any atom is 0.306 e. The minimum Gasteiger partial charge on any atom is -0.462 e. The number of aryl methyl sites for hydroxylation is 1. The van der Waals surface area contributed by atoms with Gasteiger partial charge in [0.15, 0.2) is 0 Å². The van der Waals surface area contributed by atoms with Crippen LogP contribution in [0.2, 0.25) is 0 Å². The number of rotatable bonds is 8. The number of esters is 1. The third-order valence-electron chi connectivity index (χ3n) is 5.43. The van der Waals surface area contributed by atoms with E-state index < -0.39 is 0 Å². The molecule has 1 saturated carbocycles. The molecule has 3 unspecified atom stereocenters. The fraction of sp³-hybridized carbons (Fsp3) is 0.682. The maximum atomic E-state index is 12.2. The van der Waals surface area contributed by atoms with Crippen LogP contribution in [0.3, 0.4) is 0 Å². The zero-order valence-corrected chi connectivity index (χ0v) is 15.7. The van der Waals surface area contributed by atoms with Crippen LogP contribution in [0.25, 0.3) is 0 Å². The summed E-state index contributed by atoms with van der Waals surface area (Å²) in [6, 6.07) is 10.6. The molecule has 24 heavy (non-hydrogen) atoms. The van der Waals surface area contributed by atoms with Gasteiger partial charge in [0.25, 0.3) is 0 Å². The lowest BCUT2D eigenvalue weighted by Crippen LogP contribution is -2.35. The van der Waals surface area contributed by atoms with Crippen LogP contribution in [0.4, 0.5) is 0 Å². The Kier molecular flexibility index (Phi) is 7.81. The number of ether oxygens (including phenoxy) is 1. The van der Waals surface area contributed by atoms with Crippen LogP contribution in [0.5, 0.6) is 0 Å². The van der Waals surface area contributed by atoms with E-state index in [4.69, 9.17) is 4.74 Å². The molecule has 0 N–H and O–H groups in total. The molecule has 0 aromatic heterocycles. The number of carbonyl (C=O) groups excluding carboxylic acids is 1. The molecule has 1 aromatic carbocycles. The number of unbranched alkanes of at least 4 members (excludes halogenated alkanes) is 2. The second kappa shape index (κ2) is 9.86. The fourth-order valence-electron chi connectivity index (χ4n) is 3.90. The monoisotopic (exact) mass is 330 g/mol. The van der Waals surface area contributed by atoms with Gasteiger partial charge in [-0.1, -0.05) is 63.9 Å². The molecule has 2 rings (SSSR count). The van der Waals surface area contributed by atoms with Crippen LogP contribution >= 0.6 is 0 Å². The Morgan fingerprint density at radius 2 is 1.88 bits per heavy atom. The maximum absolute atomic E-state index is 12.2. The van der Waals surface area contributed by atoms with Gasteiger partial charge in [-0.25, -0.2) is 0 Å². The second-order valence-corrected chi connectivity index (χ2v) is 7.90. The number of hydrogen-bond donors (Lipinski definition) is 0. The molecule has 2 heteroatoms. The first kappa shape index (κ1) is 19.0. The SMILES string of the molecule is CC1CCC(C(C)C)C(OC(=O)CCCCCc2ccccc2)C1. The van der Waals surface area contributed by atoms with E-state index in [2.05, 4.69) is 51.1 Å². The van der Waals surface area contributed by atoms with Crippen molar-refractivity contribution in [1.29, 1.82) is 0 Å². The molecule has 0 heterocycles. The summed E-state index contributed by atoms with van der Waals surface area (Å²) in [6.45, 7) is 6.79. The molecule has 0 amide bonds. The summed E-state index contributed by atoms with van der Waals surface area (Å²) in [7, 11) is 0. The Bertz CT molecular complexity index is 480. The highest BCUT2D eigenvalue weighted by Crippen LogP contribution is 2.35. The van der Waals surface area contributed by atoms with Gasteiger partial charge in [0, 0.05) is 6.42 Å². The molecule has 1 fully saturated rings. The summed E-state index contributed by atoms with van der Waals surface area (Å²) in [5.41, 5.74) is 1.39. The molecule has 3 atom stereocenters. The second-order valence-electron chi connectivity index (χ2n) is 7.90. The summed E-state index contributed by atoms with van der Waals surface area (Å²) in [5.74, 6) is 1.84. The molecule has 0 saturated heterocycles. The van der Waals surface area contributed by atoms with Crippen molar-refractivity contribution in [3.63, 3.8) is 0 Å². The molecule has 1 aliphatic rings. The van der Waals surface area contributed by atoms with E-state index in [0.717, 1.165) is 32.1 Å². The molecule has 0 bridgehead atoms. The lowest BCUT2D eigenvalue weighted by atomic mass is 9.75. The molecular weight excluding hydrogens is 296 g/mol. The van der Waals surface area contributed by atoms with Crippen LogP contribution in [0, 0.1) is 17.8 Å². The molecule has 1 aromatic rings. The van der Waals surface area contributed by atoms with E-state index in [9.17, 15) is 4.79 Å². The van der Waals surface area contributed by atoms with Crippen LogP contribution < -0.4 is 0 Å². The summed E-state index contributed by atoms with van der Waals surface area (Å²) in [5, 5.41) is 0. The molecular formula is C22H34O2. The Labute approximate surface area is 148 Å². The van der Waals surface area contributed by atoms with E-state index in [0.29, 0.717) is 24.2 Å². The van der Waals surface area contributed by atoms with Crippen molar-refractivity contribution >= 4 is 5.97 Å². The highest BCUT2D eigenvalue weighted by molar-refractivity contribution is 5.69. The Morgan fingerprint density at radius 3 is 2.58 bits per heavy atom. The van der Waals surface area contributed by atoms with Gasteiger partial charge in [0.2, 0.25) is 0 Å². The largest absolute Gasteiger partial charge is 0.462 e. The minimum atomic E-state index is 0.0134. The first-order chi connectivity index (χ1) is 11.6. The standard InChI is InChI=1S/C22H34O2/c1-17(2)20-15-14-18(3)16-21(20)24-22(23)13-9-5-8-12-19-10-6-4-7-11-19/h4,6-7,10-11,17-18,20-21H,5,8-9,12-16H2,1-3H3. The molecule has 0 radical (unpaired) electrons. The van der Waals surface area contributed by atoms with Crippen LogP contribution in [-0.4, -0.2) is 12.1 Å². The number of benzene rings is 1.